The monoisotopic (exact) mass is 245 g/mol. The molecular formula is C14H19N3O. The van der Waals surface area contributed by atoms with E-state index in [9.17, 15) is 4.79 Å². The van der Waals surface area contributed by atoms with Crippen LogP contribution in [0.25, 0.3) is 5.65 Å². The number of hydrogen-bond donors (Lipinski definition) is 1. The van der Waals surface area contributed by atoms with Crippen LogP contribution in [0.3, 0.4) is 0 Å². The summed E-state index contributed by atoms with van der Waals surface area (Å²) in [7, 11) is 0. The minimum atomic E-state index is -0.0424. The maximum absolute atomic E-state index is 12.2. The maximum atomic E-state index is 12.2. The van der Waals surface area contributed by atoms with Crippen LogP contribution in [-0.4, -0.2) is 21.8 Å². The van der Waals surface area contributed by atoms with Gasteiger partial charge in [-0.05, 0) is 24.5 Å². The lowest BCUT2D eigenvalue weighted by Crippen LogP contribution is -2.29. The Morgan fingerprint density at radius 3 is 2.89 bits per heavy atom. The Balaban J connectivity index is 2.38. The molecule has 0 unspecified atom stereocenters. The molecule has 0 aliphatic carbocycles. The zero-order chi connectivity index (χ0) is 13.1. The topological polar surface area (TPSA) is 46.4 Å². The molecule has 1 N–H and O–H groups in total. The van der Waals surface area contributed by atoms with Crippen LogP contribution < -0.4 is 5.32 Å². The van der Waals surface area contributed by atoms with Gasteiger partial charge in [-0.25, -0.2) is 4.98 Å². The number of fused-ring (bicyclic) bond motifs is 1. The molecule has 0 bridgehead atoms. The van der Waals surface area contributed by atoms with Gasteiger partial charge in [0.15, 0.2) is 0 Å². The van der Waals surface area contributed by atoms with Crippen molar-refractivity contribution in [2.45, 2.75) is 27.2 Å². The van der Waals surface area contributed by atoms with Gasteiger partial charge in [0.2, 0.25) is 0 Å². The highest BCUT2D eigenvalue weighted by Gasteiger charge is 2.17. The number of aryl methyl sites for hydroxylation is 1. The normalized spacial score (nSPS) is 11.1. The zero-order valence-electron chi connectivity index (χ0n) is 11.1. The average Bonchev–Trinajstić information content (AvgIpc) is 2.74. The molecule has 2 rings (SSSR count). The molecule has 18 heavy (non-hydrogen) atoms. The molecular weight excluding hydrogens is 226 g/mol. The number of rotatable bonds is 4. The van der Waals surface area contributed by atoms with E-state index in [4.69, 9.17) is 0 Å². The summed E-state index contributed by atoms with van der Waals surface area (Å²) in [6.07, 6.45) is 2.64. The van der Waals surface area contributed by atoms with Gasteiger partial charge < -0.3 is 5.32 Å². The van der Waals surface area contributed by atoms with E-state index in [0.29, 0.717) is 18.2 Å². The van der Waals surface area contributed by atoms with E-state index in [-0.39, 0.29) is 5.91 Å². The van der Waals surface area contributed by atoms with E-state index in [1.807, 2.05) is 35.7 Å². The van der Waals surface area contributed by atoms with Crippen LogP contribution in [0.15, 0.2) is 24.4 Å². The lowest BCUT2D eigenvalue weighted by Gasteiger charge is -2.08. The van der Waals surface area contributed by atoms with Crippen molar-refractivity contribution in [3.63, 3.8) is 0 Å². The Kier molecular flexibility index (Phi) is 3.65. The summed E-state index contributed by atoms with van der Waals surface area (Å²) >= 11 is 0. The number of carbonyl (C=O) groups is 1. The molecule has 0 aliphatic heterocycles. The van der Waals surface area contributed by atoms with Gasteiger partial charge in [0.05, 0.1) is 5.69 Å². The van der Waals surface area contributed by atoms with Crippen molar-refractivity contribution in [3.8, 4) is 0 Å². The first-order valence-corrected chi connectivity index (χ1v) is 6.37. The van der Waals surface area contributed by atoms with Crippen molar-refractivity contribution < 1.29 is 4.79 Å². The predicted molar refractivity (Wildman–Crippen MR) is 71.7 cm³/mol. The summed E-state index contributed by atoms with van der Waals surface area (Å²) in [4.78, 5) is 16.7. The van der Waals surface area contributed by atoms with Crippen molar-refractivity contribution in [1.82, 2.24) is 14.7 Å². The van der Waals surface area contributed by atoms with Crippen molar-refractivity contribution >= 4 is 11.6 Å². The molecule has 2 aromatic heterocycles. The number of pyridine rings is 1. The quantitative estimate of drug-likeness (QED) is 0.898. The fraction of sp³-hybridized carbons (Fsp3) is 0.429. The number of nitrogens with one attached hydrogen (secondary N) is 1. The highest BCUT2D eigenvalue weighted by Crippen LogP contribution is 2.13. The summed E-state index contributed by atoms with van der Waals surface area (Å²) in [6, 6.07) is 5.75. The molecule has 4 heteroatoms. The van der Waals surface area contributed by atoms with Crippen LogP contribution in [0.2, 0.25) is 0 Å². The number of nitrogens with zero attached hydrogens (tertiary/aromatic N) is 2. The summed E-state index contributed by atoms with van der Waals surface area (Å²) in [5, 5.41) is 2.95. The van der Waals surface area contributed by atoms with Crippen LogP contribution in [0.1, 0.15) is 37.0 Å². The van der Waals surface area contributed by atoms with Gasteiger partial charge in [0.1, 0.15) is 11.3 Å². The van der Waals surface area contributed by atoms with Gasteiger partial charge in [-0.1, -0.05) is 26.8 Å². The van der Waals surface area contributed by atoms with Crippen molar-refractivity contribution in [2.24, 2.45) is 5.92 Å². The predicted octanol–water partition coefficient (Wildman–Crippen LogP) is 2.28. The lowest BCUT2D eigenvalue weighted by molar-refractivity contribution is 0.0942. The van der Waals surface area contributed by atoms with E-state index < -0.39 is 0 Å². The molecule has 4 nitrogen and oxygen atoms in total. The maximum Gasteiger partial charge on any atom is 0.270 e. The number of carbonyl (C=O) groups excluding carboxylic acids is 1. The first kappa shape index (κ1) is 12.6. The van der Waals surface area contributed by atoms with E-state index >= 15 is 0 Å². The highest BCUT2D eigenvalue weighted by atomic mass is 16.1. The number of aromatic nitrogens is 2. The molecule has 0 saturated carbocycles. The Morgan fingerprint density at radius 1 is 1.44 bits per heavy atom. The molecule has 0 saturated heterocycles. The average molecular weight is 245 g/mol. The molecule has 0 aliphatic rings. The summed E-state index contributed by atoms with van der Waals surface area (Å²) in [5.41, 5.74) is 2.33. The fourth-order valence-corrected chi connectivity index (χ4v) is 1.91. The van der Waals surface area contributed by atoms with Crippen LogP contribution in [0, 0.1) is 5.92 Å². The van der Waals surface area contributed by atoms with Gasteiger partial charge in [0.25, 0.3) is 5.91 Å². The second-order valence-corrected chi connectivity index (χ2v) is 4.79. The van der Waals surface area contributed by atoms with Crippen molar-refractivity contribution in [2.75, 3.05) is 6.54 Å². The fourth-order valence-electron chi connectivity index (χ4n) is 1.91. The lowest BCUT2D eigenvalue weighted by atomic mass is 10.2. The largest absolute Gasteiger partial charge is 0.350 e. The van der Waals surface area contributed by atoms with Crippen LogP contribution in [0.5, 0.6) is 0 Å². The highest BCUT2D eigenvalue weighted by molar-refractivity contribution is 5.94. The molecule has 96 valence electrons. The Hall–Kier alpha value is -1.84. The third-order valence-electron chi connectivity index (χ3n) is 2.82. The zero-order valence-corrected chi connectivity index (χ0v) is 11.1. The molecule has 0 atom stereocenters. The summed E-state index contributed by atoms with van der Waals surface area (Å²) < 4.78 is 1.86. The molecule has 0 aromatic carbocycles. The van der Waals surface area contributed by atoms with Gasteiger partial charge in [0, 0.05) is 12.7 Å². The van der Waals surface area contributed by atoms with Crippen LogP contribution in [-0.2, 0) is 6.42 Å². The smallest absolute Gasteiger partial charge is 0.270 e. The standard InChI is InChI=1S/C14H19N3O/c1-4-11-13(14(18)15-9-10(2)3)17-8-6-5-7-12(17)16-11/h5-8,10H,4,9H2,1-3H3,(H,15,18). The molecule has 2 aromatic rings. The van der Waals surface area contributed by atoms with E-state index in [0.717, 1.165) is 17.8 Å². The molecule has 0 radical (unpaired) electrons. The Labute approximate surface area is 107 Å². The van der Waals surface area contributed by atoms with Crippen molar-refractivity contribution in [3.05, 3.63) is 35.8 Å². The third kappa shape index (κ3) is 2.37. The third-order valence-corrected chi connectivity index (χ3v) is 2.82. The number of imidazole rings is 1. The van der Waals surface area contributed by atoms with E-state index in [1.54, 1.807) is 0 Å². The van der Waals surface area contributed by atoms with Crippen LogP contribution in [0.4, 0.5) is 0 Å². The van der Waals surface area contributed by atoms with Gasteiger partial charge in [-0.3, -0.25) is 9.20 Å². The first-order valence-electron chi connectivity index (χ1n) is 6.37. The number of amides is 1. The van der Waals surface area contributed by atoms with E-state index in [2.05, 4.69) is 24.1 Å². The summed E-state index contributed by atoms with van der Waals surface area (Å²) in [5.74, 6) is 0.400. The Bertz CT molecular complexity index is 557. The Morgan fingerprint density at radius 2 is 2.22 bits per heavy atom. The minimum absolute atomic E-state index is 0.0424. The van der Waals surface area contributed by atoms with Gasteiger partial charge in [-0.15, -0.1) is 0 Å². The minimum Gasteiger partial charge on any atom is -0.350 e. The summed E-state index contributed by atoms with van der Waals surface area (Å²) in [6.45, 7) is 6.86. The molecule has 2 heterocycles. The molecule has 1 amide bonds. The van der Waals surface area contributed by atoms with E-state index in [1.165, 1.54) is 0 Å². The molecule has 0 spiro atoms. The van der Waals surface area contributed by atoms with Crippen molar-refractivity contribution in [1.29, 1.82) is 0 Å². The second-order valence-electron chi connectivity index (χ2n) is 4.79. The number of hydrogen-bond acceptors (Lipinski definition) is 2. The van der Waals surface area contributed by atoms with Gasteiger partial charge in [-0.2, -0.15) is 0 Å². The molecule has 0 fully saturated rings. The van der Waals surface area contributed by atoms with Crippen LogP contribution >= 0.6 is 0 Å². The van der Waals surface area contributed by atoms with Gasteiger partial charge >= 0.3 is 0 Å². The second kappa shape index (κ2) is 5.21. The SMILES string of the molecule is CCc1nc2ccccn2c1C(=O)NCC(C)C. The first-order chi connectivity index (χ1) is 8.63.